The lowest BCUT2D eigenvalue weighted by molar-refractivity contribution is -0.201. The molecule has 1 unspecified atom stereocenters. The summed E-state index contributed by atoms with van der Waals surface area (Å²) in [5.74, 6) is 0.623. The average Bonchev–Trinajstić information content (AvgIpc) is 2.93. The second-order valence-corrected chi connectivity index (χ2v) is 7.35. The van der Waals surface area contributed by atoms with E-state index in [9.17, 15) is 9.59 Å². The lowest BCUT2D eigenvalue weighted by Gasteiger charge is -2.28. The third-order valence-corrected chi connectivity index (χ3v) is 4.25. The van der Waals surface area contributed by atoms with E-state index >= 15 is 0 Å². The zero-order valence-corrected chi connectivity index (χ0v) is 14.1. The van der Waals surface area contributed by atoms with Gasteiger partial charge in [0.25, 0.3) is 5.91 Å². The molecule has 126 valence electrons. The monoisotopic (exact) mass is 332 g/mol. The summed E-state index contributed by atoms with van der Waals surface area (Å²) < 4.78 is 10.7. The molecule has 2 rings (SSSR count). The van der Waals surface area contributed by atoms with Gasteiger partial charge in [0.1, 0.15) is 11.6 Å². The molecule has 1 N–H and O–H groups in total. The smallest absolute Gasteiger partial charge is 0.411 e. The molecule has 2 amide bonds. The normalized spacial score (nSPS) is 25.9. The van der Waals surface area contributed by atoms with E-state index in [4.69, 9.17) is 14.3 Å². The summed E-state index contributed by atoms with van der Waals surface area (Å²) in [7, 11) is 0. The zero-order valence-electron chi connectivity index (χ0n) is 13.3. The Morgan fingerprint density at radius 1 is 1.32 bits per heavy atom. The molecule has 0 saturated carbocycles. The van der Waals surface area contributed by atoms with Crippen LogP contribution in [0.15, 0.2) is 0 Å². The minimum absolute atomic E-state index is 0.343. The van der Waals surface area contributed by atoms with Crippen LogP contribution in [0.1, 0.15) is 40.0 Å². The number of nitrogens with zero attached hydrogens (tertiary/aromatic N) is 1. The number of carbonyl (C=O) groups is 2. The van der Waals surface area contributed by atoms with Crippen molar-refractivity contribution in [3.8, 4) is 0 Å². The van der Waals surface area contributed by atoms with Crippen LogP contribution in [0.4, 0.5) is 4.79 Å². The summed E-state index contributed by atoms with van der Waals surface area (Å²) in [4.78, 5) is 31.0. The van der Waals surface area contributed by atoms with Gasteiger partial charge in [0.2, 0.25) is 0 Å². The second-order valence-electron chi connectivity index (χ2n) is 6.35. The zero-order chi connectivity index (χ0) is 16.2. The lowest BCUT2D eigenvalue weighted by Crippen LogP contribution is -2.49. The molecule has 0 aromatic rings. The van der Waals surface area contributed by atoms with Gasteiger partial charge in [0.15, 0.2) is 6.29 Å². The Hall–Kier alpha value is -0.990. The van der Waals surface area contributed by atoms with Gasteiger partial charge in [-0.2, -0.15) is 0 Å². The summed E-state index contributed by atoms with van der Waals surface area (Å²) in [6.45, 7) is 6.04. The molecule has 8 heteroatoms. The van der Waals surface area contributed by atoms with E-state index in [1.54, 1.807) is 20.8 Å². The first kappa shape index (κ1) is 17.4. The number of thioether (sulfide) groups is 1. The Bertz CT molecular complexity index is 407. The van der Waals surface area contributed by atoms with Crippen molar-refractivity contribution >= 4 is 23.8 Å². The molecule has 22 heavy (non-hydrogen) atoms. The van der Waals surface area contributed by atoms with Crippen LogP contribution in [0, 0.1) is 0 Å². The van der Waals surface area contributed by atoms with E-state index in [1.807, 2.05) is 0 Å². The molecule has 0 radical (unpaired) electrons. The standard InChI is InChI=1S/C14H24N2O5S/c1-14(2,3)20-13(18)16-9-22-8-10(16)12(17)15-21-11-6-4-5-7-19-11/h10-11H,4-9H2,1-3H3,(H,15,17)/t10-,11?/m1/s1. The van der Waals surface area contributed by atoms with Gasteiger partial charge in [-0.15, -0.1) is 11.8 Å². The van der Waals surface area contributed by atoms with E-state index in [2.05, 4.69) is 5.48 Å². The number of ether oxygens (including phenoxy) is 2. The van der Waals surface area contributed by atoms with Gasteiger partial charge in [0, 0.05) is 18.8 Å². The molecule has 0 bridgehead atoms. The number of nitrogens with one attached hydrogen (secondary N) is 1. The van der Waals surface area contributed by atoms with Gasteiger partial charge in [-0.25, -0.2) is 15.1 Å². The molecule has 0 spiro atoms. The van der Waals surface area contributed by atoms with Crippen molar-refractivity contribution in [2.45, 2.75) is 58.0 Å². The van der Waals surface area contributed by atoms with Crippen molar-refractivity contribution in [3.63, 3.8) is 0 Å². The lowest BCUT2D eigenvalue weighted by atomic mass is 10.2. The van der Waals surface area contributed by atoms with Crippen molar-refractivity contribution in [1.82, 2.24) is 10.4 Å². The Morgan fingerprint density at radius 3 is 2.73 bits per heavy atom. The molecule has 2 atom stereocenters. The first-order chi connectivity index (χ1) is 10.4. The molecule has 7 nitrogen and oxygen atoms in total. The Kier molecular flexibility index (Phi) is 5.94. The van der Waals surface area contributed by atoms with E-state index in [1.165, 1.54) is 16.7 Å². The molecule has 2 saturated heterocycles. The van der Waals surface area contributed by atoms with Crippen LogP contribution < -0.4 is 5.48 Å². The average molecular weight is 332 g/mol. The Labute approximate surface area is 135 Å². The van der Waals surface area contributed by atoms with Crippen molar-refractivity contribution < 1.29 is 23.9 Å². The third kappa shape index (κ3) is 5.03. The summed E-state index contributed by atoms with van der Waals surface area (Å²) in [6.07, 6.45) is 1.91. The maximum absolute atomic E-state index is 12.2. The first-order valence-corrected chi connectivity index (χ1v) is 8.67. The predicted octanol–water partition coefficient (Wildman–Crippen LogP) is 1.87. The number of hydrogen-bond donors (Lipinski definition) is 1. The fraction of sp³-hybridized carbons (Fsp3) is 0.857. The number of carbonyl (C=O) groups excluding carboxylic acids is 2. The van der Waals surface area contributed by atoms with E-state index in [0.29, 0.717) is 18.2 Å². The van der Waals surface area contributed by atoms with Gasteiger partial charge in [-0.05, 0) is 33.6 Å². The van der Waals surface area contributed by atoms with Crippen LogP contribution in [-0.2, 0) is 19.1 Å². The number of rotatable bonds is 3. The molecule has 0 aromatic carbocycles. The quantitative estimate of drug-likeness (QED) is 0.795. The van der Waals surface area contributed by atoms with Gasteiger partial charge in [0.05, 0.1) is 5.88 Å². The molecule has 0 aromatic heterocycles. The summed E-state index contributed by atoms with van der Waals surface area (Å²) in [6, 6.07) is -0.580. The van der Waals surface area contributed by atoms with Gasteiger partial charge < -0.3 is 9.47 Å². The van der Waals surface area contributed by atoms with Crippen LogP contribution in [0.3, 0.4) is 0 Å². The minimum Gasteiger partial charge on any atom is -0.444 e. The summed E-state index contributed by atoms with van der Waals surface area (Å²) in [5.41, 5.74) is 1.83. The number of amides is 2. The van der Waals surface area contributed by atoms with Crippen molar-refractivity contribution in [2.75, 3.05) is 18.2 Å². The van der Waals surface area contributed by atoms with Crippen LogP contribution in [0.25, 0.3) is 0 Å². The topological polar surface area (TPSA) is 77.1 Å². The predicted molar refractivity (Wildman–Crippen MR) is 82.0 cm³/mol. The second kappa shape index (κ2) is 7.52. The number of hydrogen-bond acceptors (Lipinski definition) is 6. The molecular weight excluding hydrogens is 308 g/mol. The highest BCUT2D eigenvalue weighted by Gasteiger charge is 2.37. The fourth-order valence-electron chi connectivity index (χ4n) is 2.16. The van der Waals surface area contributed by atoms with E-state index < -0.39 is 24.0 Å². The van der Waals surface area contributed by atoms with Gasteiger partial charge >= 0.3 is 6.09 Å². The van der Waals surface area contributed by atoms with Crippen molar-refractivity contribution in [2.24, 2.45) is 0 Å². The third-order valence-electron chi connectivity index (χ3n) is 3.24. The largest absolute Gasteiger partial charge is 0.444 e. The molecule has 0 aliphatic carbocycles. The Balaban J connectivity index is 1.83. The van der Waals surface area contributed by atoms with Crippen LogP contribution >= 0.6 is 11.8 Å². The molecule has 2 aliphatic rings. The molecular formula is C14H24N2O5S. The van der Waals surface area contributed by atoms with Crippen LogP contribution in [-0.4, -0.2) is 53.1 Å². The van der Waals surface area contributed by atoms with E-state index in [0.717, 1.165) is 19.3 Å². The summed E-state index contributed by atoms with van der Waals surface area (Å²) in [5, 5.41) is 0. The molecule has 2 fully saturated rings. The first-order valence-electron chi connectivity index (χ1n) is 7.51. The minimum atomic E-state index is -0.586. The van der Waals surface area contributed by atoms with Gasteiger partial charge in [-0.3, -0.25) is 9.69 Å². The highest BCUT2D eigenvalue weighted by atomic mass is 32.2. The van der Waals surface area contributed by atoms with Crippen LogP contribution in [0.5, 0.6) is 0 Å². The van der Waals surface area contributed by atoms with Crippen molar-refractivity contribution in [3.05, 3.63) is 0 Å². The van der Waals surface area contributed by atoms with E-state index in [-0.39, 0.29) is 5.91 Å². The molecule has 2 aliphatic heterocycles. The van der Waals surface area contributed by atoms with Gasteiger partial charge in [-0.1, -0.05) is 0 Å². The van der Waals surface area contributed by atoms with Crippen molar-refractivity contribution in [1.29, 1.82) is 0 Å². The highest BCUT2D eigenvalue weighted by molar-refractivity contribution is 7.99. The summed E-state index contributed by atoms with van der Waals surface area (Å²) >= 11 is 1.51. The fourth-order valence-corrected chi connectivity index (χ4v) is 3.30. The highest BCUT2D eigenvalue weighted by Crippen LogP contribution is 2.24. The number of hydroxylamine groups is 1. The maximum Gasteiger partial charge on any atom is 0.411 e. The Morgan fingerprint density at radius 2 is 2.09 bits per heavy atom. The SMILES string of the molecule is CC(C)(C)OC(=O)N1CSC[C@@H]1C(=O)NOC1CCCCO1. The molecule has 2 heterocycles. The van der Waals surface area contributed by atoms with Crippen LogP contribution in [0.2, 0.25) is 0 Å². The maximum atomic E-state index is 12.2.